The second-order valence-electron chi connectivity index (χ2n) is 24.9. The van der Waals surface area contributed by atoms with Crippen LogP contribution in [0.25, 0.3) is 0 Å². The largest absolute Gasteiger partial charge is 0.436 e. The predicted molar refractivity (Wildman–Crippen MR) is 238 cm³/mol. The average Bonchev–Trinajstić information content (AvgIpc) is 3.82. The Kier molecular flexibility index (Phi) is 12.2. The Morgan fingerprint density at radius 1 is 0.521 bits per heavy atom. The Balaban J connectivity index is 0.777. The normalized spacial score (nSPS) is 54.3. The zero-order valence-electron chi connectivity index (χ0n) is 42.6. The maximum absolute atomic E-state index is 14.4. The lowest BCUT2D eigenvalue weighted by atomic mass is 9.58. The molecule has 3 saturated carbocycles. The van der Waals surface area contributed by atoms with Crippen LogP contribution >= 0.6 is 0 Å². The highest BCUT2D eigenvalue weighted by atomic mass is 17.3. The van der Waals surface area contributed by atoms with Gasteiger partial charge in [-0.2, -0.15) is 0 Å². The van der Waals surface area contributed by atoms with Crippen LogP contribution < -0.4 is 0 Å². The summed E-state index contributed by atoms with van der Waals surface area (Å²) in [6.45, 7) is 16.2. The van der Waals surface area contributed by atoms with E-state index in [1.807, 2.05) is 34.6 Å². The van der Waals surface area contributed by atoms with E-state index in [0.29, 0.717) is 43.4 Å². The summed E-state index contributed by atoms with van der Waals surface area (Å²) < 4.78 is 57.2. The van der Waals surface area contributed by atoms with Crippen LogP contribution in [0.3, 0.4) is 0 Å². The van der Waals surface area contributed by atoms with Crippen LogP contribution in [-0.2, 0) is 86.3 Å². The van der Waals surface area contributed by atoms with Gasteiger partial charge in [-0.05, 0) is 114 Å². The van der Waals surface area contributed by atoms with Crippen LogP contribution in [-0.4, -0.2) is 107 Å². The summed E-state index contributed by atoms with van der Waals surface area (Å²) in [7, 11) is 0. The molecule has 19 heteroatoms. The molecule has 15 fully saturated rings. The number of rotatable bonds is 9. The first-order valence-corrected chi connectivity index (χ1v) is 27.1. The first-order chi connectivity index (χ1) is 33.7. The average molecular weight is 1010 g/mol. The Labute approximate surface area is 415 Å². The maximum Gasteiger partial charge on any atom is 0.311 e. The highest BCUT2D eigenvalue weighted by Gasteiger charge is 2.72. The summed E-state index contributed by atoms with van der Waals surface area (Å²) in [6.07, 6.45) is 2.06. The van der Waals surface area contributed by atoms with Gasteiger partial charge in [-0.3, -0.25) is 14.4 Å². The molecular weight excluding hydrogens is 929 g/mol. The molecule has 0 amide bonds. The second kappa shape index (κ2) is 17.5. The van der Waals surface area contributed by atoms with Gasteiger partial charge in [-0.25, -0.2) is 29.3 Å². The van der Waals surface area contributed by atoms with Gasteiger partial charge in [-0.15, -0.1) is 0 Å². The van der Waals surface area contributed by atoms with Crippen LogP contribution in [0.1, 0.15) is 158 Å². The smallest absolute Gasteiger partial charge is 0.311 e. The lowest BCUT2D eigenvalue weighted by Gasteiger charge is -2.59. The van der Waals surface area contributed by atoms with Gasteiger partial charge in [0, 0.05) is 55.3 Å². The number of carbonyl (C=O) groups is 3. The van der Waals surface area contributed by atoms with E-state index in [1.165, 1.54) is 0 Å². The number of aliphatic hydroxyl groups is 1. The number of hydrogen-bond donors (Lipinski definition) is 1. The number of esters is 3. The van der Waals surface area contributed by atoms with Gasteiger partial charge in [0.2, 0.25) is 30.4 Å². The molecule has 0 aromatic carbocycles. The van der Waals surface area contributed by atoms with Gasteiger partial charge in [0.25, 0.3) is 0 Å². The van der Waals surface area contributed by atoms with E-state index >= 15 is 0 Å². The Hall–Kier alpha value is -2.11. The van der Waals surface area contributed by atoms with Gasteiger partial charge in [-0.1, -0.05) is 34.6 Å². The SMILES string of the molecule is C[C@@H]1CC[C@H]2[C@@H](C)C(OC(=O)CC(O)(CC(=O)OC3C[C@@H]4CC[C@@H](C)[C@@H]5CC[C@@]6(C)OO[C@@]45[C@H](O3)O6)CC(=O)OC3OC[C@@H]4O[C@@]5(C)CC[C@H]6[C@H](C)CC[C@@H]([C@H]3C)[C@@]46OO5)O[C@@H]3O[C@@]4(C)CC[C@@H]1[C@]32OO4. The standard InChI is InChI=1S/C52H76O19/c1-26-9-12-31-21-41(61-44-50(31)32(26)15-19-47(7,64-44)67-69-50)58-38(53)22-49(56,24-40(55)60-43-30(5)36-14-11-28(3)34-17-20-48(8)65-45(62-43)52(34,36)71-68-48)23-39(54)59-42-29(4)35-13-10-27(2)33-16-18-46(6)63-37(25-57-42)51(33,35)70-66-46/h26-37,41-45,56H,9-25H2,1-8H3/t26-,27-,28-,29-,30-,31+,32+,33+,34+,35+,36+,37+,41?,42?,43?,44-,45-,46-,47-,48-,49?,50+,51-,52-/m1/s1. The first kappa shape index (κ1) is 49.7. The van der Waals surface area contributed by atoms with E-state index in [4.69, 9.17) is 72.0 Å². The molecule has 12 heterocycles. The molecule has 15 rings (SSSR count). The summed E-state index contributed by atoms with van der Waals surface area (Å²) >= 11 is 0. The minimum atomic E-state index is -2.35. The van der Waals surface area contributed by atoms with Gasteiger partial charge >= 0.3 is 17.9 Å². The molecule has 71 heavy (non-hydrogen) atoms. The molecule has 1 N–H and O–H groups in total. The summed E-state index contributed by atoms with van der Waals surface area (Å²) in [6, 6.07) is 0. The Bertz CT molecular complexity index is 2090. The molecule has 24 atom stereocenters. The van der Waals surface area contributed by atoms with Crippen LogP contribution in [0, 0.1) is 65.1 Å². The van der Waals surface area contributed by atoms with Crippen molar-refractivity contribution in [2.75, 3.05) is 6.61 Å². The first-order valence-electron chi connectivity index (χ1n) is 27.1. The minimum Gasteiger partial charge on any atom is -0.436 e. The fourth-order valence-electron chi connectivity index (χ4n) is 16.5. The van der Waals surface area contributed by atoms with Crippen molar-refractivity contribution in [3.63, 3.8) is 0 Å². The molecule has 19 nitrogen and oxygen atoms in total. The van der Waals surface area contributed by atoms with Crippen molar-refractivity contribution < 1.29 is 91.4 Å². The Morgan fingerprint density at radius 3 is 1.61 bits per heavy atom. The minimum absolute atomic E-state index is 0.0801. The highest BCUT2D eigenvalue weighted by molar-refractivity contribution is 5.79. The molecule has 3 spiro atoms. The van der Waals surface area contributed by atoms with E-state index in [0.717, 1.165) is 57.8 Å². The third-order valence-corrected chi connectivity index (χ3v) is 20.3. The van der Waals surface area contributed by atoms with E-state index in [-0.39, 0.29) is 54.0 Å². The monoisotopic (exact) mass is 1000 g/mol. The van der Waals surface area contributed by atoms with Crippen molar-refractivity contribution in [1.82, 2.24) is 0 Å². The molecular formula is C52H76O19. The summed E-state index contributed by atoms with van der Waals surface area (Å²) in [5.41, 5.74) is -4.93. The van der Waals surface area contributed by atoms with Crippen LogP contribution in [0.2, 0.25) is 0 Å². The number of ether oxygens (including phenoxy) is 9. The molecule has 0 aromatic heterocycles. The molecule has 0 aromatic rings. The van der Waals surface area contributed by atoms with Gasteiger partial charge in [0.15, 0.2) is 29.6 Å². The molecule has 4 unspecified atom stereocenters. The fraction of sp³-hybridized carbons (Fsp3) is 0.942. The number of fused-ring (bicyclic) bond motifs is 6. The maximum atomic E-state index is 14.4. The fourth-order valence-corrected chi connectivity index (χ4v) is 16.5. The molecule has 398 valence electrons. The van der Waals surface area contributed by atoms with Crippen molar-refractivity contribution in [3.05, 3.63) is 0 Å². The summed E-state index contributed by atoms with van der Waals surface area (Å²) in [5, 5.41) is 12.6. The highest BCUT2D eigenvalue weighted by Crippen LogP contribution is 2.63. The molecule has 12 saturated heterocycles. The number of hydrogen-bond acceptors (Lipinski definition) is 19. The molecule has 6 bridgehead atoms. The molecule has 0 radical (unpaired) electrons. The summed E-state index contributed by atoms with van der Waals surface area (Å²) in [4.78, 5) is 79.8. The zero-order chi connectivity index (χ0) is 49.7. The quantitative estimate of drug-likeness (QED) is 0.141. The predicted octanol–water partition coefficient (Wildman–Crippen LogP) is 6.94. The third kappa shape index (κ3) is 7.92. The second-order valence-corrected chi connectivity index (χ2v) is 24.9. The topological polar surface area (TPSA) is 210 Å². The molecule has 12 aliphatic heterocycles. The van der Waals surface area contributed by atoms with Crippen molar-refractivity contribution in [2.24, 2.45) is 65.1 Å². The van der Waals surface area contributed by atoms with Crippen LogP contribution in [0.5, 0.6) is 0 Å². The third-order valence-electron chi connectivity index (χ3n) is 20.3. The van der Waals surface area contributed by atoms with Gasteiger partial charge in [0.1, 0.15) is 11.7 Å². The lowest BCUT2D eigenvalue weighted by molar-refractivity contribution is -0.576. The van der Waals surface area contributed by atoms with Gasteiger partial charge in [0.05, 0.1) is 31.5 Å². The van der Waals surface area contributed by atoms with Crippen molar-refractivity contribution in [1.29, 1.82) is 0 Å². The molecule has 15 aliphatic rings. The van der Waals surface area contributed by atoms with E-state index < -0.39 is 114 Å². The number of carbonyl (C=O) groups excluding carboxylic acids is 3. The van der Waals surface area contributed by atoms with Crippen molar-refractivity contribution in [3.8, 4) is 0 Å². The summed E-state index contributed by atoms with van der Waals surface area (Å²) in [5.74, 6) is -5.52. The van der Waals surface area contributed by atoms with E-state index in [1.54, 1.807) is 0 Å². The molecule has 3 aliphatic carbocycles. The van der Waals surface area contributed by atoms with Crippen LogP contribution in [0.15, 0.2) is 0 Å². The van der Waals surface area contributed by atoms with Crippen LogP contribution in [0.4, 0.5) is 0 Å². The van der Waals surface area contributed by atoms with E-state index in [9.17, 15) is 19.5 Å². The van der Waals surface area contributed by atoms with Crippen molar-refractivity contribution in [2.45, 2.75) is 235 Å². The van der Waals surface area contributed by atoms with Crippen molar-refractivity contribution >= 4 is 17.9 Å². The Morgan fingerprint density at radius 2 is 0.986 bits per heavy atom. The van der Waals surface area contributed by atoms with Gasteiger partial charge < -0.3 is 47.7 Å². The lowest BCUT2D eigenvalue weighted by Crippen LogP contribution is -2.70. The van der Waals surface area contributed by atoms with E-state index in [2.05, 4.69) is 20.8 Å². The zero-order valence-corrected chi connectivity index (χ0v) is 42.6.